The molecule has 0 saturated heterocycles. The second-order valence-corrected chi connectivity index (χ2v) is 4.83. The average molecular weight is 267 g/mol. The molecule has 18 heavy (non-hydrogen) atoms. The molecule has 3 N–H and O–H groups in total. The number of thiophene rings is 1. The number of rotatable bonds is 5. The van der Waals surface area contributed by atoms with E-state index >= 15 is 0 Å². The lowest BCUT2D eigenvalue weighted by atomic mass is 10.1. The highest BCUT2D eigenvalue weighted by Gasteiger charge is 2.23. The minimum atomic E-state index is -0.515. The van der Waals surface area contributed by atoms with Crippen LogP contribution >= 0.6 is 11.3 Å². The molecule has 98 valence electrons. The van der Waals surface area contributed by atoms with Crippen molar-refractivity contribution in [1.29, 1.82) is 5.26 Å². The maximum atomic E-state index is 11.7. The van der Waals surface area contributed by atoms with Gasteiger partial charge >= 0.3 is 5.97 Å². The van der Waals surface area contributed by atoms with Gasteiger partial charge in [0.05, 0.1) is 12.8 Å². The normalized spacial score (nSPS) is 10.2. The summed E-state index contributed by atoms with van der Waals surface area (Å²) in [6.45, 7) is 4.11. The van der Waals surface area contributed by atoms with E-state index in [9.17, 15) is 4.79 Å². The van der Waals surface area contributed by atoms with Gasteiger partial charge < -0.3 is 15.8 Å². The smallest absolute Gasteiger partial charge is 0.343 e. The molecular formula is C12H17N3O2S. The third kappa shape index (κ3) is 2.74. The van der Waals surface area contributed by atoms with Crippen LogP contribution in [0.1, 0.15) is 41.9 Å². The van der Waals surface area contributed by atoms with Crippen LogP contribution in [0.15, 0.2) is 0 Å². The van der Waals surface area contributed by atoms with Crippen LogP contribution in [-0.2, 0) is 4.74 Å². The van der Waals surface area contributed by atoms with Gasteiger partial charge in [0.25, 0.3) is 0 Å². The third-order valence-corrected chi connectivity index (χ3v) is 3.80. The standard InChI is InChI=1S/C12H17N3O2S/c1-4-7(5-2)15-11-9(12(16)17-3)10(14)8(6-13)18-11/h7,15H,4-5,14H2,1-3H3. The highest BCUT2D eigenvalue weighted by Crippen LogP contribution is 2.36. The molecule has 0 aliphatic rings. The Bertz CT molecular complexity index is 472. The van der Waals surface area contributed by atoms with Crippen LogP contribution in [0.3, 0.4) is 0 Å². The Morgan fingerprint density at radius 1 is 1.56 bits per heavy atom. The van der Waals surface area contributed by atoms with Gasteiger partial charge in [-0.15, -0.1) is 11.3 Å². The number of carbonyl (C=O) groups excluding carboxylic acids is 1. The Labute approximate surface area is 111 Å². The van der Waals surface area contributed by atoms with E-state index in [1.165, 1.54) is 18.4 Å². The van der Waals surface area contributed by atoms with E-state index in [2.05, 4.69) is 19.2 Å². The van der Waals surface area contributed by atoms with Gasteiger partial charge in [-0.2, -0.15) is 5.26 Å². The van der Waals surface area contributed by atoms with Crippen LogP contribution in [-0.4, -0.2) is 19.1 Å². The van der Waals surface area contributed by atoms with Gasteiger partial charge in [0.2, 0.25) is 0 Å². The fraction of sp³-hybridized carbons (Fsp3) is 0.500. The van der Waals surface area contributed by atoms with Crippen molar-refractivity contribution in [2.45, 2.75) is 32.7 Å². The number of anilines is 2. The minimum absolute atomic E-state index is 0.197. The lowest BCUT2D eigenvalue weighted by molar-refractivity contribution is 0.0603. The molecule has 1 heterocycles. The summed E-state index contributed by atoms with van der Waals surface area (Å²) in [5.74, 6) is -0.515. The quantitative estimate of drug-likeness (QED) is 0.800. The number of nitrogens with two attached hydrogens (primary N) is 1. The molecule has 0 bridgehead atoms. The lowest BCUT2D eigenvalue weighted by Gasteiger charge is -2.15. The Kier molecular flexibility index (Phi) is 4.98. The second-order valence-electron chi connectivity index (χ2n) is 3.81. The van der Waals surface area contributed by atoms with Crippen molar-refractivity contribution in [2.24, 2.45) is 0 Å². The number of esters is 1. The Balaban J connectivity index is 3.18. The van der Waals surface area contributed by atoms with Crippen molar-refractivity contribution in [3.05, 3.63) is 10.4 Å². The molecule has 1 aromatic rings. The van der Waals surface area contributed by atoms with E-state index in [1.54, 1.807) is 0 Å². The van der Waals surface area contributed by atoms with Crippen molar-refractivity contribution in [1.82, 2.24) is 0 Å². The van der Waals surface area contributed by atoms with Crippen molar-refractivity contribution >= 4 is 28.0 Å². The molecule has 0 spiro atoms. The van der Waals surface area contributed by atoms with E-state index in [0.717, 1.165) is 12.8 Å². The largest absolute Gasteiger partial charge is 0.465 e. The van der Waals surface area contributed by atoms with Crippen molar-refractivity contribution in [3.63, 3.8) is 0 Å². The molecule has 1 aromatic heterocycles. The number of ether oxygens (including phenoxy) is 1. The molecule has 0 saturated carbocycles. The fourth-order valence-electron chi connectivity index (χ4n) is 1.61. The number of nitrogens with one attached hydrogen (secondary N) is 1. The molecule has 0 atom stereocenters. The summed E-state index contributed by atoms with van der Waals surface area (Å²) in [5.41, 5.74) is 6.26. The summed E-state index contributed by atoms with van der Waals surface area (Å²) in [6, 6.07) is 2.24. The predicted octanol–water partition coefficient (Wildman–Crippen LogP) is 2.59. The van der Waals surface area contributed by atoms with Crippen LogP contribution in [0, 0.1) is 11.3 Å². The summed E-state index contributed by atoms with van der Waals surface area (Å²) in [7, 11) is 1.30. The third-order valence-electron chi connectivity index (χ3n) is 2.76. The monoisotopic (exact) mass is 267 g/mol. The van der Waals surface area contributed by atoms with Crippen molar-refractivity contribution < 1.29 is 9.53 Å². The summed E-state index contributed by atoms with van der Waals surface area (Å²) >= 11 is 1.19. The van der Waals surface area contributed by atoms with E-state index in [1.807, 2.05) is 6.07 Å². The van der Waals surface area contributed by atoms with Crippen LogP contribution in [0.25, 0.3) is 0 Å². The van der Waals surface area contributed by atoms with Crippen molar-refractivity contribution in [2.75, 3.05) is 18.2 Å². The average Bonchev–Trinajstić information content (AvgIpc) is 2.71. The summed E-state index contributed by atoms with van der Waals surface area (Å²) in [4.78, 5) is 12.0. The zero-order valence-electron chi connectivity index (χ0n) is 10.7. The van der Waals surface area contributed by atoms with Crippen LogP contribution in [0.2, 0.25) is 0 Å². The van der Waals surface area contributed by atoms with Crippen LogP contribution in [0.4, 0.5) is 10.7 Å². The molecule has 0 aromatic carbocycles. The van der Waals surface area contributed by atoms with Gasteiger partial charge in [0, 0.05) is 6.04 Å². The summed E-state index contributed by atoms with van der Waals surface area (Å²) < 4.78 is 4.70. The Morgan fingerprint density at radius 3 is 2.61 bits per heavy atom. The molecule has 1 rings (SSSR count). The molecule has 0 radical (unpaired) electrons. The molecule has 5 nitrogen and oxygen atoms in total. The summed E-state index contributed by atoms with van der Waals surface area (Å²) in [6.07, 6.45) is 1.85. The number of nitrogens with zero attached hydrogens (tertiary/aromatic N) is 1. The molecule has 0 aliphatic heterocycles. The number of nitrogen functional groups attached to an aromatic ring is 1. The Hall–Kier alpha value is -1.74. The van der Waals surface area contributed by atoms with Gasteiger partial charge in [0.1, 0.15) is 21.5 Å². The maximum Gasteiger partial charge on any atom is 0.343 e. The molecule has 6 heteroatoms. The maximum absolute atomic E-state index is 11.7. The number of methoxy groups -OCH3 is 1. The van der Waals surface area contributed by atoms with Crippen LogP contribution < -0.4 is 11.1 Å². The number of hydrogen-bond acceptors (Lipinski definition) is 6. The fourth-order valence-corrected chi connectivity index (χ4v) is 2.59. The first-order chi connectivity index (χ1) is 8.58. The van der Waals surface area contributed by atoms with Crippen molar-refractivity contribution in [3.8, 4) is 6.07 Å². The van der Waals surface area contributed by atoms with Gasteiger partial charge in [-0.25, -0.2) is 4.79 Å². The molecule has 0 amide bonds. The van der Waals surface area contributed by atoms with E-state index in [0.29, 0.717) is 9.88 Å². The van der Waals surface area contributed by atoms with E-state index < -0.39 is 5.97 Å². The zero-order chi connectivity index (χ0) is 13.7. The Morgan fingerprint density at radius 2 is 2.17 bits per heavy atom. The molecular weight excluding hydrogens is 250 g/mol. The number of nitriles is 1. The minimum Gasteiger partial charge on any atom is -0.465 e. The number of carbonyl (C=O) groups is 1. The van der Waals surface area contributed by atoms with E-state index in [-0.39, 0.29) is 17.3 Å². The molecule has 0 fully saturated rings. The molecule has 0 unspecified atom stereocenters. The van der Waals surface area contributed by atoms with Gasteiger partial charge in [0.15, 0.2) is 0 Å². The highest BCUT2D eigenvalue weighted by molar-refractivity contribution is 7.17. The SMILES string of the molecule is CCC(CC)Nc1sc(C#N)c(N)c1C(=O)OC. The predicted molar refractivity (Wildman–Crippen MR) is 72.8 cm³/mol. The summed E-state index contributed by atoms with van der Waals surface area (Å²) in [5, 5.41) is 12.8. The zero-order valence-corrected chi connectivity index (χ0v) is 11.6. The highest BCUT2D eigenvalue weighted by atomic mass is 32.1. The lowest BCUT2D eigenvalue weighted by Crippen LogP contribution is -2.18. The second kappa shape index (κ2) is 6.26. The van der Waals surface area contributed by atoms with Gasteiger partial charge in [-0.1, -0.05) is 13.8 Å². The molecule has 0 aliphatic carbocycles. The number of hydrogen-bond donors (Lipinski definition) is 2. The van der Waals surface area contributed by atoms with Crippen LogP contribution in [0.5, 0.6) is 0 Å². The van der Waals surface area contributed by atoms with Gasteiger partial charge in [-0.3, -0.25) is 0 Å². The van der Waals surface area contributed by atoms with E-state index in [4.69, 9.17) is 15.7 Å². The first-order valence-corrected chi connectivity index (χ1v) is 6.57. The topological polar surface area (TPSA) is 88.1 Å². The first kappa shape index (κ1) is 14.3. The van der Waals surface area contributed by atoms with Gasteiger partial charge in [-0.05, 0) is 12.8 Å². The first-order valence-electron chi connectivity index (χ1n) is 5.76.